The summed E-state index contributed by atoms with van der Waals surface area (Å²) in [5, 5.41) is 15.6. The van der Waals surface area contributed by atoms with Crippen molar-refractivity contribution in [1.29, 1.82) is 0 Å². The Labute approximate surface area is 89.1 Å². The number of likely N-dealkylation sites (N-methyl/N-ethyl adjacent to an activating group) is 1. The highest BCUT2D eigenvalue weighted by Gasteiger charge is 2.49. The van der Waals surface area contributed by atoms with Crippen LogP contribution in [0.1, 0.15) is 13.3 Å². The number of aliphatic hydroxyl groups is 1. The van der Waals surface area contributed by atoms with Gasteiger partial charge in [-0.15, -0.1) is 0 Å². The molecule has 0 aromatic heterocycles. The molecule has 0 aromatic carbocycles. The minimum atomic E-state index is -0.0840. The van der Waals surface area contributed by atoms with Crippen LogP contribution in [0.4, 0.5) is 0 Å². The third kappa shape index (κ3) is 1.42. The molecule has 2 heterocycles. The number of hydrogen-bond acceptors (Lipinski definition) is 5. The summed E-state index contributed by atoms with van der Waals surface area (Å²) in [6.07, 6.45) is 2.04. The number of ketones is 1. The number of aliphatic hydroxyl groups excluding tert-OH is 1. The van der Waals surface area contributed by atoms with Crippen LogP contribution in [0, 0.1) is 0 Å². The van der Waals surface area contributed by atoms with Crippen LogP contribution in [-0.4, -0.2) is 47.6 Å². The first-order valence-electron chi connectivity index (χ1n) is 5.24. The van der Waals surface area contributed by atoms with Gasteiger partial charge in [0.1, 0.15) is 12.4 Å². The summed E-state index contributed by atoms with van der Waals surface area (Å²) >= 11 is 0. The van der Waals surface area contributed by atoms with Crippen LogP contribution < -0.4 is 10.6 Å². The van der Waals surface area contributed by atoms with Crippen LogP contribution >= 0.6 is 0 Å². The van der Waals surface area contributed by atoms with E-state index in [0.29, 0.717) is 0 Å². The van der Waals surface area contributed by atoms with Crippen molar-refractivity contribution < 1.29 is 9.90 Å². The number of nitrogens with zero attached hydrogens (tertiary/aromatic N) is 1. The number of rotatable bonds is 2. The second kappa shape index (κ2) is 3.83. The number of fused-ring (bicyclic) bond motifs is 1. The highest BCUT2D eigenvalue weighted by Crippen LogP contribution is 2.34. The maximum absolute atomic E-state index is 11.4. The SMILES string of the molecule is CNC1/C(=C/O)N2C(C(C)=O)CCNC12. The Balaban J connectivity index is 2.19. The molecule has 0 bridgehead atoms. The van der Waals surface area contributed by atoms with Crippen LogP contribution in [0.5, 0.6) is 0 Å². The number of nitrogens with one attached hydrogen (secondary N) is 2. The monoisotopic (exact) mass is 211 g/mol. The quantitative estimate of drug-likeness (QED) is 0.541. The molecule has 0 radical (unpaired) electrons. The average Bonchev–Trinajstić information content (AvgIpc) is 2.20. The van der Waals surface area contributed by atoms with Crippen LogP contribution in [0.2, 0.25) is 0 Å². The van der Waals surface area contributed by atoms with Crippen molar-refractivity contribution in [2.24, 2.45) is 0 Å². The van der Waals surface area contributed by atoms with Crippen LogP contribution in [0.25, 0.3) is 0 Å². The molecular weight excluding hydrogens is 194 g/mol. The number of carbonyl (C=O) groups is 1. The van der Waals surface area contributed by atoms with E-state index in [9.17, 15) is 4.79 Å². The van der Waals surface area contributed by atoms with Crippen molar-refractivity contribution in [2.75, 3.05) is 13.6 Å². The lowest BCUT2D eigenvalue weighted by Crippen LogP contribution is -2.74. The first-order chi connectivity index (χ1) is 7.20. The molecule has 3 N–H and O–H groups in total. The highest BCUT2D eigenvalue weighted by molar-refractivity contribution is 5.82. The standard InChI is InChI=1S/C10H17N3O2/c1-6(15)7-3-4-12-10-9(11-2)8(5-14)13(7)10/h5,7,9-12,14H,3-4H2,1-2H3/b8-5-. The van der Waals surface area contributed by atoms with Gasteiger partial charge in [0, 0.05) is 0 Å². The van der Waals surface area contributed by atoms with Gasteiger partial charge in [0.05, 0.1) is 17.8 Å². The van der Waals surface area contributed by atoms with Gasteiger partial charge in [-0.3, -0.25) is 10.1 Å². The Morgan fingerprint density at radius 2 is 2.47 bits per heavy atom. The highest BCUT2D eigenvalue weighted by atomic mass is 16.2. The summed E-state index contributed by atoms with van der Waals surface area (Å²) in [7, 11) is 1.85. The van der Waals surface area contributed by atoms with E-state index in [1.165, 1.54) is 0 Å². The molecule has 0 aliphatic carbocycles. The summed E-state index contributed by atoms with van der Waals surface area (Å²) < 4.78 is 0. The van der Waals surface area contributed by atoms with Gasteiger partial charge in [-0.05, 0) is 26.9 Å². The Morgan fingerprint density at radius 3 is 3.00 bits per heavy atom. The van der Waals surface area contributed by atoms with E-state index in [-0.39, 0.29) is 24.0 Å². The molecule has 2 fully saturated rings. The van der Waals surface area contributed by atoms with Gasteiger partial charge >= 0.3 is 0 Å². The smallest absolute Gasteiger partial charge is 0.152 e. The molecule has 3 unspecified atom stereocenters. The Kier molecular flexibility index (Phi) is 2.67. The molecule has 0 saturated carbocycles. The van der Waals surface area contributed by atoms with Crippen molar-refractivity contribution in [3.8, 4) is 0 Å². The molecule has 2 aliphatic rings. The van der Waals surface area contributed by atoms with Gasteiger partial charge in [0.15, 0.2) is 5.78 Å². The van der Waals surface area contributed by atoms with Crippen LogP contribution in [-0.2, 0) is 4.79 Å². The lowest BCUT2D eigenvalue weighted by molar-refractivity contribution is -0.127. The van der Waals surface area contributed by atoms with Crippen LogP contribution in [0.15, 0.2) is 12.0 Å². The normalized spacial score (nSPS) is 37.3. The molecular formula is C10H17N3O2. The van der Waals surface area contributed by atoms with Crippen molar-refractivity contribution in [1.82, 2.24) is 15.5 Å². The fourth-order valence-electron chi connectivity index (χ4n) is 2.51. The molecule has 84 valence electrons. The molecule has 0 aromatic rings. The summed E-state index contributed by atoms with van der Waals surface area (Å²) in [5.41, 5.74) is 0.801. The molecule has 0 spiro atoms. The topological polar surface area (TPSA) is 64.6 Å². The molecule has 2 saturated heterocycles. The fourth-order valence-corrected chi connectivity index (χ4v) is 2.51. The lowest BCUT2D eigenvalue weighted by Gasteiger charge is -2.56. The zero-order valence-electron chi connectivity index (χ0n) is 9.03. The van der Waals surface area contributed by atoms with E-state index in [4.69, 9.17) is 5.11 Å². The molecule has 5 heteroatoms. The Morgan fingerprint density at radius 1 is 1.73 bits per heavy atom. The van der Waals surface area contributed by atoms with Crippen molar-refractivity contribution in [3.63, 3.8) is 0 Å². The molecule has 2 aliphatic heterocycles. The zero-order valence-corrected chi connectivity index (χ0v) is 9.03. The van der Waals surface area contributed by atoms with E-state index in [1.807, 2.05) is 11.9 Å². The van der Waals surface area contributed by atoms with Gasteiger partial charge in [0.2, 0.25) is 0 Å². The zero-order chi connectivity index (χ0) is 11.0. The Hall–Kier alpha value is -1.07. The number of carbonyl (C=O) groups excluding carboxylic acids is 1. The van der Waals surface area contributed by atoms with Crippen molar-refractivity contribution in [2.45, 2.75) is 31.6 Å². The van der Waals surface area contributed by atoms with E-state index < -0.39 is 0 Å². The van der Waals surface area contributed by atoms with E-state index in [2.05, 4.69) is 10.6 Å². The summed E-state index contributed by atoms with van der Waals surface area (Å²) in [6, 6.07) is 0.0244. The van der Waals surface area contributed by atoms with Gasteiger partial charge < -0.3 is 15.3 Å². The summed E-state index contributed by atoms with van der Waals surface area (Å²) in [6.45, 7) is 2.46. The summed E-state index contributed by atoms with van der Waals surface area (Å²) in [4.78, 5) is 13.4. The fraction of sp³-hybridized carbons (Fsp3) is 0.700. The number of Topliss-reactive ketones (excluding diaryl/α,β-unsaturated/α-hetero) is 1. The predicted molar refractivity (Wildman–Crippen MR) is 56.3 cm³/mol. The van der Waals surface area contributed by atoms with Crippen molar-refractivity contribution >= 4 is 5.78 Å². The van der Waals surface area contributed by atoms with E-state index in [1.54, 1.807) is 6.92 Å². The molecule has 0 amide bonds. The van der Waals surface area contributed by atoms with E-state index in [0.717, 1.165) is 24.9 Å². The van der Waals surface area contributed by atoms with Gasteiger partial charge in [-0.25, -0.2) is 0 Å². The molecule has 15 heavy (non-hydrogen) atoms. The van der Waals surface area contributed by atoms with Crippen molar-refractivity contribution in [3.05, 3.63) is 12.0 Å². The molecule has 5 nitrogen and oxygen atoms in total. The lowest BCUT2D eigenvalue weighted by atomic mass is 9.90. The maximum atomic E-state index is 11.4. The minimum absolute atomic E-state index is 0.0840. The van der Waals surface area contributed by atoms with Crippen LogP contribution in [0.3, 0.4) is 0 Å². The first-order valence-corrected chi connectivity index (χ1v) is 5.24. The third-order valence-corrected chi connectivity index (χ3v) is 3.25. The minimum Gasteiger partial charge on any atom is -0.514 e. The first kappa shape index (κ1) is 10.4. The second-order valence-corrected chi connectivity index (χ2v) is 4.04. The molecule has 2 rings (SSSR count). The predicted octanol–water partition coefficient (Wildman–Crippen LogP) is -0.434. The summed E-state index contributed by atoms with van der Waals surface area (Å²) in [5.74, 6) is 0.162. The Bertz CT molecular complexity index is 303. The maximum Gasteiger partial charge on any atom is 0.152 e. The van der Waals surface area contributed by atoms with E-state index >= 15 is 0 Å². The van der Waals surface area contributed by atoms with Gasteiger partial charge in [-0.2, -0.15) is 0 Å². The second-order valence-electron chi connectivity index (χ2n) is 4.04. The number of hydrogen-bond donors (Lipinski definition) is 3. The average molecular weight is 211 g/mol. The molecule has 3 atom stereocenters. The largest absolute Gasteiger partial charge is 0.514 e. The van der Waals surface area contributed by atoms with Gasteiger partial charge in [-0.1, -0.05) is 0 Å². The van der Waals surface area contributed by atoms with Gasteiger partial charge in [0.25, 0.3) is 0 Å². The third-order valence-electron chi connectivity index (χ3n) is 3.25.